The Morgan fingerprint density at radius 3 is 2.40 bits per heavy atom. The average molecular weight is 378 g/mol. The van der Waals surface area contributed by atoms with E-state index in [1.165, 1.54) is 0 Å². The van der Waals surface area contributed by atoms with E-state index in [1.807, 2.05) is 29.2 Å². The molecule has 5 heteroatoms. The number of aliphatic carboxylic acids is 1. The minimum Gasteiger partial charge on any atom is -0.481 e. The van der Waals surface area contributed by atoms with Gasteiger partial charge in [0.15, 0.2) is 0 Å². The van der Waals surface area contributed by atoms with Crippen LogP contribution in [0, 0.1) is 0 Å². The van der Waals surface area contributed by atoms with Gasteiger partial charge in [-0.05, 0) is 30.2 Å². The molecule has 2 aromatic rings. The molecule has 2 rings (SSSR count). The van der Waals surface area contributed by atoms with Gasteiger partial charge in [-0.15, -0.1) is 0 Å². The van der Waals surface area contributed by atoms with E-state index >= 15 is 0 Å². The van der Waals surface area contributed by atoms with Gasteiger partial charge in [0, 0.05) is 12.2 Å². The van der Waals surface area contributed by atoms with E-state index < -0.39 is 5.97 Å². The molecule has 0 aliphatic rings. The lowest BCUT2D eigenvalue weighted by Crippen LogP contribution is -2.20. The second-order valence-corrected chi connectivity index (χ2v) is 6.45. The van der Waals surface area contributed by atoms with Crippen molar-refractivity contribution in [1.29, 1.82) is 0 Å². The molecule has 0 fully saturated rings. The number of hydrogen-bond acceptors (Lipinski definition) is 2. The number of benzene rings is 2. The van der Waals surface area contributed by atoms with Crippen LogP contribution >= 0.6 is 23.2 Å². The molecule has 0 aliphatic heterocycles. The molecule has 0 spiro atoms. The zero-order valence-corrected chi connectivity index (χ0v) is 15.6. The highest BCUT2D eigenvalue weighted by Gasteiger charge is 2.18. The van der Waals surface area contributed by atoms with Crippen LogP contribution in [-0.2, 0) is 11.2 Å². The van der Waals surface area contributed by atoms with Gasteiger partial charge >= 0.3 is 5.97 Å². The Balaban J connectivity index is 2.50. The summed E-state index contributed by atoms with van der Waals surface area (Å²) < 4.78 is 0. The summed E-state index contributed by atoms with van der Waals surface area (Å²) in [6.45, 7) is 2.68. The highest BCUT2D eigenvalue weighted by atomic mass is 35.5. The van der Waals surface area contributed by atoms with E-state index in [9.17, 15) is 9.90 Å². The van der Waals surface area contributed by atoms with E-state index in [0.717, 1.165) is 24.1 Å². The maximum Gasteiger partial charge on any atom is 0.307 e. The standard InChI is InChI=1S/C20H21Cl2NO2/c1-2-3-4-7-13-23(20-16(21)10-8-11-17(20)22)18-12-6-5-9-15(18)14-19(24)25/h4-12H,2-3,13-14H2,1H3,(H,24,25)/b7-4+. The first-order valence-corrected chi connectivity index (χ1v) is 8.96. The van der Waals surface area contributed by atoms with Gasteiger partial charge in [-0.25, -0.2) is 0 Å². The van der Waals surface area contributed by atoms with Gasteiger partial charge in [-0.1, -0.05) is 73.0 Å². The molecule has 0 saturated carbocycles. The molecule has 132 valence electrons. The van der Waals surface area contributed by atoms with E-state index in [-0.39, 0.29) is 6.42 Å². The Bertz CT molecular complexity index is 739. The molecular formula is C20H21Cl2NO2. The molecular weight excluding hydrogens is 357 g/mol. The van der Waals surface area contributed by atoms with Gasteiger partial charge in [0.25, 0.3) is 0 Å². The van der Waals surface area contributed by atoms with Gasteiger partial charge in [-0.3, -0.25) is 4.79 Å². The Kier molecular flexibility index (Phi) is 7.35. The third-order valence-corrected chi connectivity index (χ3v) is 4.35. The minimum atomic E-state index is -0.876. The van der Waals surface area contributed by atoms with Crippen molar-refractivity contribution < 1.29 is 9.90 Å². The van der Waals surface area contributed by atoms with Crippen LogP contribution in [0.1, 0.15) is 25.3 Å². The van der Waals surface area contributed by atoms with Gasteiger partial charge < -0.3 is 10.0 Å². The molecule has 0 radical (unpaired) electrons. The average Bonchev–Trinajstić information content (AvgIpc) is 2.57. The molecule has 2 aromatic carbocycles. The molecule has 0 saturated heterocycles. The number of nitrogens with zero attached hydrogens (tertiary/aromatic N) is 1. The quantitative estimate of drug-likeness (QED) is 0.563. The third-order valence-electron chi connectivity index (χ3n) is 3.74. The van der Waals surface area contributed by atoms with Gasteiger partial charge in [0.2, 0.25) is 0 Å². The summed E-state index contributed by atoms with van der Waals surface area (Å²) in [5, 5.41) is 10.3. The van der Waals surface area contributed by atoms with Crippen LogP contribution < -0.4 is 4.90 Å². The largest absolute Gasteiger partial charge is 0.481 e. The van der Waals surface area contributed by atoms with Crippen LogP contribution in [0.4, 0.5) is 11.4 Å². The Hall–Kier alpha value is -1.97. The highest BCUT2D eigenvalue weighted by Crippen LogP contribution is 2.39. The van der Waals surface area contributed by atoms with Crippen molar-refractivity contribution in [1.82, 2.24) is 0 Å². The summed E-state index contributed by atoms with van der Waals surface area (Å²) in [6, 6.07) is 12.8. The fraction of sp³-hybridized carbons (Fsp3) is 0.250. The van der Waals surface area contributed by atoms with Crippen LogP contribution in [0.15, 0.2) is 54.6 Å². The van der Waals surface area contributed by atoms with E-state index in [2.05, 4.69) is 19.1 Å². The molecule has 0 unspecified atom stereocenters. The number of rotatable bonds is 8. The topological polar surface area (TPSA) is 40.5 Å². The van der Waals surface area contributed by atoms with Crippen LogP contribution in [-0.4, -0.2) is 17.6 Å². The summed E-state index contributed by atoms with van der Waals surface area (Å²) in [4.78, 5) is 13.2. The smallest absolute Gasteiger partial charge is 0.307 e. The molecule has 25 heavy (non-hydrogen) atoms. The molecule has 0 aliphatic carbocycles. The maximum absolute atomic E-state index is 11.2. The zero-order chi connectivity index (χ0) is 18.2. The highest BCUT2D eigenvalue weighted by molar-refractivity contribution is 6.39. The van der Waals surface area contributed by atoms with Crippen molar-refractivity contribution in [3.8, 4) is 0 Å². The molecule has 0 atom stereocenters. The van der Waals surface area contributed by atoms with Gasteiger partial charge in [0.05, 0.1) is 22.2 Å². The molecule has 0 amide bonds. The normalized spacial score (nSPS) is 11.0. The van der Waals surface area contributed by atoms with Crippen molar-refractivity contribution in [3.05, 3.63) is 70.2 Å². The second kappa shape index (κ2) is 9.50. The number of carboxylic acid groups (broad SMARTS) is 1. The first-order valence-electron chi connectivity index (χ1n) is 8.20. The van der Waals surface area contributed by atoms with E-state index in [1.54, 1.807) is 18.2 Å². The van der Waals surface area contributed by atoms with E-state index in [0.29, 0.717) is 22.3 Å². The summed E-state index contributed by atoms with van der Waals surface area (Å²) in [5.74, 6) is -0.876. The number of carboxylic acids is 1. The fourth-order valence-electron chi connectivity index (χ4n) is 2.61. The first kappa shape index (κ1) is 19.4. The Morgan fingerprint density at radius 2 is 1.76 bits per heavy atom. The Morgan fingerprint density at radius 1 is 1.08 bits per heavy atom. The molecule has 0 bridgehead atoms. The van der Waals surface area contributed by atoms with E-state index in [4.69, 9.17) is 23.2 Å². The van der Waals surface area contributed by atoms with Crippen molar-refractivity contribution in [2.45, 2.75) is 26.2 Å². The molecule has 0 aromatic heterocycles. The SMILES string of the molecule is CCC/C=C/CN(c1ccccc1CC(=O)O)c1c(Cl)cccc1Cl. The third kappa shape index (κ3) is 5.25. The monoisotopic (exact) mass is 377 g/mol. The lowest BCUT2D eigenvalue weighted by atomic mass is 10.1. The van der Waals surface area contributed by atoms with Crippen molar-refractivity contribution >= 4 is 40.5 Å². The van der Waals surface area contributed by atoms with Crippen LogP contribution in [0.2, 0.25) is 10.0 Å². The van der Waals surface area contributed by atoms with Gasteiger partial charge in [-0.2, -0.15) is 0 Å². The van der Waals surface area contributed by atoms with Crippen LogP contribution in [0.5, 0.6) is 0 Å². The number of carbonyl (C=O) groups is 1. The Labute approximate surface area is 158 Å². The molecule has 0 heterocycles. The summed E-state index contributed by atoms with van der Waals surface area (Å²) >= 11 is 12.8. The summed E-state index contributed by atoms with van der Waals surface area (Å²) in [5.41, 5.74) is 2.20. The molecule has 1 N–H and O–H groups in total. The summed E-state index contributed by atoms with van der Waals surface area (Å²) in [6.07, 6.45) is 6.16. The number of para-hydroxylation sites is 2. The lowest BCUT2D eigenvalue weighted by molar-refractivity contribution is -0.136. The second-order valence-electron chi connectivity index (χ2n) is 5.64. The number of allylic oxidation sites excluding steroid dienone is 1. The number of anilines is 2. The van der Waals surface area contributed by atoms with Crippen LogP contribution in [0.25, 0.3) is 0 Å². The summed E-state index contributed by atoms with van der Waals surface area (Å²) in [7, 11) is 0. The maximum atomic E-state index is 11.2. The predicted octanol–water partition coefficient (Wildman–Crippen LogP) is 6.11. The zero-order valence-electron chi connectivity index (χ0n) is 14.1. The first-order chi connectivity index (χ1) is 12.0. The number of hydrogen-bond donors (Lipinski definition) is 1. The van der Waals surface area contributed by atoms with Crippen LogP contribution in [0.3, 0.4) is 0 Å². The number of halogens is 2. The van der Waals surface area contributed by atoms with Crippen molar-refractivity contribution in [3.63, 3.8) is 0 Å². The molecule has 3 nitrogen and oxygen atoms in total. The van der Waals surface area contributed by atoms with Crippen molar-refractivity contribution in [2.24, 2.45) is 0 Å². The predicted molar refractivity (Wildman–Crippen MR) is 105 cm³/mol. The van der Waals surface area contributed by atoms with Crippen molar-refractivity contribution in [2.75, 3.05) is 11.4 Å². The number of unbranched alkanes of at least 4 members (excludes halogenated alkanes) is 1. The van der Waals surface area contributed by atoms with Gasteiger partial charge in [0.1, 0.15) is 0 Å². The fourth-order valence-corrected chi connectivity index (χ4v) is 3.21. The minimum absolute atomic E-state index is 0.0621. The lowest BCUT2D eigenvalue weighted by Gasteiger charge is -2.27.